The van der Waals surface area contributed by atoms with Gasteiger partial charge in [-0.25, -0.2) is 4.79 Å². The van der Waals surface area contributed by atoms with Crippen molar-refractivity contribution in [2.24, 2.45) is 5.92 Å². The van der Waals surface area contributed by atoms with Gasteiger partial charge >= 0.3 is 5.97 Å². The first-order valence-electron chi connectivity index (χ1n) is 9.08. The Kier molecular flexibility index (Phi) is 7.01. The van der Waals surface area contributed by atoms with E-state index in [1.165, 1.54) is 70.6 Å². The third kappa shape index (κ3) is 5.61. The summed E-state index contributed by atoms with van der Waals surface area (Å²) in [6, 6.07) is 0. The van der Waals surface area contributed by atoms with Gasteiger partial charge < -0.3 is 9.47 Å². The zero-order valence-corrected chi connectivity index (χ0v) is 13.7. The van der Waals surface area contributed by atoms with Crippen molar-refractivity contribution < 1.29 is 14.3 Å². The van der Waals surface area contributed by atoms with Gasteiger partial charge in [0, 0.05) is 0 Å². The fourth-order valence-corrected chi connectivity index (χ4v) is 3.59. The highest BCUT2D eigenvalue weighted by molar-refractivity contribution is 5.82. The lowest BCUT2D eigenvalue weighted by Gasteiger charge is -2.21. The van der Waals surface area contributed by atoms with Gasteiger partial charge in [0.1, 0.15) is 0 Å². The Hall–Kier alpha value is -0.570. The smallest absolute Gasteiger partial charge is 0.340 e. The molecule has 1 saturated carbocycles. The molecule has 1 aliphatic heterocycles. The monoisotopic (exact) mass is 296 g/mol. The summed E-state index contributed by atoms with van der Waals surface area (Å²) in [5.41, 5.74) is -0.572. The maximum absolute atomic E-state index is 12.0. The van der Waals surface area contributed by atoms with Gasteiger partial charge in [-0.15, -0.1) is 0 Å². The molecule has 21 heavy (non-hydrogen) atoms. The average Bonchev–Trinajstić information content (AvgIpc) is 3.23. The van der Waals surface area contributed by atoms with E-state index < -0.39 is 5.60 Å². The number of ether oxygens (including phenoxy) is 2. The van der Waals surface area contributed by atoms with Gasteiger partial charge in [-0.05, 0) is 19.3 Å². The lowest BCUT2D eigenvalue weighted by Crippen LogP contribution is -2.30. The Morgan fingerprint density at radius 1 is 1.00 bits per heavy atom. The molecule has 3 nitrogen and oxygen atoms in total. The molecule has 2 aliphatic rings. The van der Waals surface area contributed by atoms with Gasteiger partial charge in [-0.2, -0.15) is 0 Å². The number of epoxide rings is 1. The summed E-state index contributed by atoms with van der Waals surface area (Å²) in [4.78, 5) is 12.0. The summed E-state index contributed by atoms with van der Waals surface area (Å²) >= 11 is 0. The molecule has 0 aromatic rings. The second-order valence-corrected chi connectivity index (χ2v) is 6.83. The van der Waals surface area contributed by atoms with Crippen molar-refractivity contribution in [3.8, 4) is 0 Å². The van der Waals surface area contributed by atoms with Crippen molar-refractivity contribution in [2.45, 2.75) is 89.6 Å². The predicted molar refractivity (Wildman–Crippen MR) is 84.2 cm³/mol. The minimum absolute atomic E-state index is 0.129. The Balaban J connectivity index is 1.81. The third-order valence-electron chi connectivity index (χ3n) is 4.98. The molecule has 2 rings (SSSR count). The van der Waals surface area contributed by atoms with E-state index in [-0.39, 0.29) is 5.97 Å². The van der Waals surface area contributed by atoms with E-state index in [1.807, 2.05) is 6.92 Å². The summed E-state index contributed by atoms with van der Waals surface area (Å²) in [5, 5.41) is 0. The third-order valence-corrected chi connectivity index (χ3v) is 4.98. The number of esters is 1. The quantitative estimate of drug-likeness (QED) is 0.561. The van der Waals surface area contributed by atoms with E-state index in [9.17, 15) is 4.79 Å². The van der Waals surface area contributed by atoms with Crippen LogP contribution >= 0.6 is 0 Å². The van der Waals surface area contributed by atoms with Crippen LogP contribution in [0.1, 0.15) is 84.0 Å². The van der Waals surface area contributed by atoms with Crippen LogP contribution in [0, 0.1) is 5.92 Å². The predicted octanol–water partition coefficient (Wildman–Crippen LogP) is 4.63. The molecule has 2 fully saturated rings. The lowest BCUT2D eigenvalue weighted by atomic mass is 9.86. The van der Waals surface area contributed by atoms with Gasteiger partial charge in [0.15, 0.2) is 5.60 Å². The molecule has 0 N–H and O–H groups in total. The fraction of sp³-hybridized carbons (Fsp3) is 0.944. The lowest BCUT2D eigenvalue weighted by molar-refractivity contribution is -0.150. The highest BCUT2D eigenvalue weighted by Crippen LogP contribution is 2.39. The summed E-state index contributed by atoms with van der Waals surface area (Å²) in [5.74, 6) is 0.507. The first kappa shape index (κ1) is 16.8. The second-order valence-electron chi connectivity index (χ2n) is 6.83. The van der Waals surface area contributed by atoms with Crippen molar-refractivity contribution in [1.82, 2.24) is 0 Å². The molecule has 1 atom stereocenters. The summed E-state index contributed by atoms with van der Waals surface area (Å²) in [6.07, 6.45) is 15.7. The van der Waals surface area contributed by atoms with Gasteiger partial charge in [0.2, 0.25) is 0 Å². The zero-order valence-electron chi connectivity index (χ0n) is 13.7. The molecular weight excluding hydrogens is 264 g/mol. The summed E-state index contributed by atoms with van der Waals surface area (Å²) in [7, 11) is 0. The molecule has 1 aliphatic carbocycles. The number of hydrogen-bond donors (Lipinski definition) is 0. The van der Waals surface area contributed by atoms with E-state index in [2.05, 4.69) is 0 Å². The van der Waals surface area contributed by atoms with Crippen molar-refractivity contribution in [3.63, 3.8) is 0 Å². The van der Waals surface area contributed by atoms with Crippen LogP contribution in [0.2, 0.25) is 0 Å². The number of carbonyl (C=O) groups excluding carboxylic acids is 1. The van der Waals surface area contributed by atoms with Crippen LogP contribution in [-0.4, -0.2) is 24.8 Å². The van der Waals surface area contributed by atoms with Crippen LogP contribution in [0.5, 0.6) is 0 Å². The molecule has 0 spiro atoms. The average molecular weight is 296 g/mol. The molecule has 1 saturated heterocycles. The highest BCUT2D eigenvalue weighted by Gasteiger charge is 2.54. The van der Waals surface area contributed by atoms with Crippen molar-refractivity contribution in [1.29, 1.82) is 0 Å². The van der Waals surface area contributed by atoms with Crippen LogP contribution in [0.3, 0.4) is 0 Å². The number of rotatable bonds is 4. The van der Waals surface area contributed by atoms with Crippen LogP contribution < -0.4 is 0 Å². The molecule has 1 unspecified atom stereocenters. The van der Waals surface area contributed by atoms with Crippen molar-refractivity contribution in [2.75, 3.05) is 13.2 Å². The van der Waals surface area contributed by atoms with Crippen LogP contribution in [0.4, 0.5) is 0 Å². The van der Waals surface area contributed by atoms with E-state index in [4.69, 9.17) is 9.47 Å². The Bertz CT molecular complexity index is 298. The number of hydrogen-bond acceptors (Lipinski definition) is 3. The Morgan fingerprint density at radius 2 is 1.48 bits per heavy atom. The fourth-order valence-electron chi connectivity index (χ4n) is 3.59. The largest absolute Gasteiger partial charge is 0.464 e. The van der Waals surface area contributed by atoms with Crippen LogP contribution in [-0.2, 0) is 14.3 Å². The maximum Gasteiger partial charge on any atom is 0.340 e. The molecule has 0 aromatic heterocycles. The highest BCUT2D eigenvalue weighted by atomic mass is 16.6. The summed E-state index contributed by atoms with van der Waals surface area (Å²) in [6.45, 7) is 2.89. The minimum atomic E-state index is -0.572. The minimum Gasteiger partial charge on any atom is -0.464 e. The van der Waals surface area contributed by atoms with Crippen LogP contribution in [0.15, 0.2) is 0 Å². The standard InChI is InChI=1S/C18H32O3/c1-2-20-17(19)18(15-21-18)14-16-12-10-8-6-4-3-5-7-9-11-13-16/h16H,2-15H2,1H3. The van der Waals surface area contributed by atoms with E-state index in [0.29, 0.717) is 19.1 Å². The topological polar surface area (TPSA) is 38.8 Å². The molecule has 0 amide bonds. The van der Waals surface area contributed by atoms with Crippen molar-refractivity contribution in [3.05, 3.63) is 0 Å². The molecule has 1 heterocycles. The summed E-state index contributed by atoms with van der Waals surface area (Å²) < 4.78 is 10.7. The molecule has 0 aromatic carbocycles. The maximum atomic E-state index is 12.0. The van der Waals surface area contributed by atoms with E-state index in [0.717, 1.165) is 6.42 Å². The van der Waals surface area contributed by atoms with Crippen LogP contribution in [0.25, 0.3) is 0 Å². The SMILES string of the molecule is CCOC(=O)C1(CC2CCCCCCCCCCC2)CO1. The molecule has 0 radical (unpaired) electrons. The van der Waals surface area contributed by atoms with E-state index >= 15 is 0 Å². The van der Waals surface area contributed by atoms with Gasteiger partial charge in [0.25, 0.3) is 0 Å². The van der Waals surface area contributed by atoms with Gasteiger partial charge in [-0.1, -0.05) is 70.6 Å². The Labute approximate surface area is 129 Å². The first-order chi connectivity index (χ1) is 10.3. The van der Waals surface area contributed by atoms with Gasteiger partial charge in [-0.3, -0.25) is 0 Å². The molecule has 3 heteroatoms. The Morgan fingerprint density at radius 3 is 1.90 bits per heavy atom. The number of carbonyl (C=O) groups is 1. The second kappa shape index (κ2) is 8.77. The van der Waals surface area contributed by atoms with E-state index in [1.54, 1.807) is 0 Å². The first-order valence-corrected chi connectivity index (χ1v) is 9.08. The zero-order chi connectivity index (χ0) is 15.0. The molecule has 0 bridgehead atoms. The normalized spacial score (nSPS) is 29.2. The molecular formula is C18H32O3. The molecule has 122 valence electrons. The van der Waals surface area contributed by atoms with Gasteiger partial charge in [0.05, 0.1) is 13.2 Å². The van der Waals surface area contributed by atoms with Crippen molar-refractivity contribution >= 4 is 5.97 Å².